The molecule has 0 aliphatic heterocycles. The first kappa shape index (κ1) is 13.1. The highest BCUT2D eigenvalue weighted by Crippen LogP contribution is 2.15. The van der Waals surface area contributed by atoms with Crippen molar-refractivity contribution in [3.8, 4) is 5.69 Å². The van der Waals surface area contributed by atoms with Crippen LogP contribution in [-0.4, -0.2) is 20.9 Å². The van der Waals surface area contributed by atoms with Crippen LogP contribution in [0.15, 0.2) is 66.7 Å². The minimum atomic E-state index is -0.981. The number of nitrogens with zero attached hydrogens (tertiary/aromatic N) is 2. The van der Waals surface area contributed by atoms with Crippen LogP contribution in [0.25, 0.3) is 5.69 Å². The number of carboxylic acids is 1. The number of benzene rings is 2. The third-order valence-corrected chi connectivity index (χ3v) is 3.21. The molecule has 1 aromatic heterocycles. The molecule has 4 heteroatoms. The van der Waals surface area contributed by atoms with Crippen LogP contribution in [0.3, 0.4) is 0 Å². The van der Waals surface area contributed by atoms with E-state index in [2.05, 4.69) is 5.10 Å². The van der Waals surface area contributed by atoms with Gasteiger partial charge in [0.15, 0.2) is 5.69 Å². The van der Waals surface area contributed by atoms with E-state index in [1.807, 2.05) is 60.7 Å². The van der Waals surface area contributed by atoms with Gasteiger partial charge in [0.2, 0.25) is 0 Å². The Bertz CT molecular complexity index is 749. The van der Waals surface area contributed by atoms with Crippen molar-refractivity contribution in [1.82, 2.24) is 9.78 Å². The lowest BCUT2D eigenvalue weighted by atomic mass is 10.1. The molecule has 21 heavy (non-hydrogen) atoms. The van der Waals surface area contributed by atoms with Gasteiger partial charge in [0.25, 0.3) is 0 Å². The van der Waals surface area contributed by atoms with Gasteiger partial charge in [0.1, 0.15) is 0 Å². The molecule has 104 valence electrons. The van der Waals surface area contributed by atoms with Gasteiger partial charge < -0.3 is 5.11 Å². The second-order valence-corrected chi connectivity index (χ2v) is 4.74. The van der Waals surface area contributed by atoms with E-state index in [-0.39, 0.29) is 5.69 Å². The van der Waals surface area contributed by atoms with Gasteiger partial charge in [-0.15, -0.1) is 0 Å². The zero-order valence-electron chi connectivity index (χ0n) is 11.3. The number of aromatic nitrogens is 2. The first-order valence-electron chi connectivity index (χ1n) is 6.65. The minimum Gasteiger partial charge on any atom is -0.477 e. The SMILES string of the molecule is O=C(O)c1cc(Cc2ccccc2)nn1-c1ccccc1. The summed E-state index contributed by atoms with van der Waals surface area (Å²) < 4.78 is 1.47. The Hall–Kier alpha value is -2.88. The summed E-state index contributed by atoms with van der Waals surface area (Å²) in [6, 6.07) is 20.8. The van der Waals surface area contributed by atoms with Crippen LogP contribution < -0.4 is 0 Å². The molecule has 4 nitrogen and oxygen atoms in total. The second-order valence-electron chi connectivity index (χ2n) is 4.74. The largest absolute Gasteiger partial charge is 0.477 e. The monoisotopic (exact) mass is 278 g/mol. The van der Waals surface area contributed by atoms with Crippen molar-refractivity contribution in [3.63, 3.8) is 0 Å². The molecule has 3 rings (SSSR count). The van der Waals surface area contributed by atoms with Gasteiger partial charge in [-0.3, -0.25) is 0 Å². The van der Waals surface area contributed by atoms with E-state index in [0.29, 0.717) is 6.42 Å². The highest BCUT2D eigenvalue weighted by molar-refractivity contribution is 5.86. The summed E-state index contributed by atoms with van der Waals surface area (Å²) >= 11 is 0. The fraction of sp³-hybridized carbons (Fsp3) is 0.0588. The van der Waals surface area contributed by atoms with Crippen molar-refractivity contribution >= 4 is 5.97 Å². The predicted molar refractivity (Wildman–Crippen MR) is 79.8 cm³/mol. The van der Waals surface area contributed by atoms with Gasteiger partial charge >= 0.3 is 5.97 Å². The second kappa shape index (κ2) is 5.63. The maximum Gasteiger partial charge on any atom is 0.354 e. The number of hydrogen-bond donors (Lipinski definition) is 1. The van der Waals surface area contributed by atoms with Crippen molar-refractivity contribution < 1.29 is 9.90 Å². The van der Waals surface area contributed by atoms with Crippen molar-refractivity contribution in [2.75, 3.05) is 0 Å². The van der Waals surface area contributed by atoms with E-state index < -0.39 is 5.97 Å². The van der Waals surface area contributed by atoms with Gasteiger partial charge in [-0.2, -0.15) is 5.10 Å². The Labute approximate surface area is 122 Å². The molecule has 0 aliphatic carbocycles. The summed E-state index contributed by atoms with van der Waals surface area (Å²) in [4.78, 5) is 11.4. The predicted octanol–water partition coefficient (Wildman–Crippen LogP) is 3.16. The summed E-state index contributed by atoms with van der Waals surface area (Å²) in [6.07, 6.45) is 0.612. The summed E-state index contributed by atoms with van der Waals surface area (Å²) in [6.45, 7) is 0. The molecule has 0 bridgehead atoms. The molecule has 0 saturated heterocycles. The van der Waals surface area contributed by atoms with Gasteiger partial charge in [0, 0.05) is 6.42 Å². The third-order valence-electron chi connectivity index (χ3n) is 3.21. The lowest BCUT2D eigenvalue weighted by Gasteiger charge is -2.03. The van der Waals surface area contributed by atoms with Crippen LogP contribution in [0.5, 0.6) is 0 Å². The normalized spacial score (nSPS) is 10.5. The maximum atomic E-state index is 11.4. The van der Waals surface area contributed by atoms with Crippen LogP contribution >= 0.6 is 0 Å². The smallest absolute Gasteiger partial charge is 0.354 e. The lowest BCUT2D eigenvalue weighted by Crippen LogP contribution is -2.07. The summed E-state index contributed by atoms with van der Waals surface area (Å²) in [5.74, 6) is -0.981. The molecule has 0 amide bonds. The molecule has 1 heterocycles. The van der Waals surface area contributed by atoms with Crippen molar-refractivity contribution in [1.29, 1.82) is 0 Å². The van der Waals surface area contributed by atoms with E-state index in [0.717, 1.165) is 16.9 Å². The molecule has 0 radical (unpaired) electrons. The van der Waals surface area contributed by atoms with Crippen LogP contribution in [-0.2, 0) is 6.42 Å². The number of aromatic carboxylic acids is 1. The topological polar surface area (TPSA) is 55.1 Å². The molecule has 0 spiro atoms. The summed E-state index contributed by atoms with van der Waals surface area (Å²) in [5.41, 5.74) is 2.76. The fourth-order valence-electron chi connectivity index (χ4n) is 2.24. The molecule has 0 saturated carbocycles. The Kier molecular flexibility index (Phi) is 3.51. The Morgan fingerprint density at radius 2 is 1.62 bits per heavy atom. The van der Waals surface area contributed by atoms with E-state index in [4.69, 9.17) is 0 Å². The number of carboxylic acid groups (broad SMARTS) is 1. The van der Waals surface area contributed by atoms with Gasteiger partial charge in [0.05, 0.1) is 11.4 Å². The lowest BCUT2D eigenvalue weighted by molar-refractivity contribution is 0.0687. The van der Waals surface area contributed by atoms with Crippen LogP contribution in [0.1, 0.15) is 21.7 Å². The molecule has 1 N–H and O–H groups in total. The van der Waals surface area contributed by atoms with Crippen LogP contribution in [0, 0.1) is 0 Å². The molecule has 3 aromatic rings. The van der Waals surface area contributed by atoms with Gasteiger partial charge in [-0.25, -0.2) is 9.48 Å². The van der Waals surface area contributed by atoms with Crippen molar-refractivity contribution in [2.45, 2.75) is 6.42 Å². The van der Waals surface area contributed by atoms with E-state index in [1.54, 1.807) is 6.07 Å². The highest BCUT2D eigenvalue weighted by atomic mass is 16.4. The average molecular weight is 278 g/mol. The summed E-state index contributed by atoms with van der Waals surface area (Å²) in [5, 5.41) is 13.8. The molecule has 0 atom stereocenters. The first-order valence-corrected chi connectivity index (χ1v) is 6.65. The summed E-state index contributed by atoms with van der Waals surface area (Å²) in [7, 11) is 0. The standard InChI is InChI=1S/C17H14N2O2/c20-17(21)16-12-14(11-13-7-3-1-4-8-13)18-19(16)15-9-5-2-6-10-15/h1-10,12H,11H2,(H,20,21). The van der Waals surface area contributed by atoms with Crippen LogP contribution in [0.4, 0.5) is 0 Å². The van der Waals surface area contributed by atoms with Gasteiger partial charge in [-0.05, 0) is 23.8 Å². The number of carbonyl (C=O) groups is 1. The van der Waals surface area contributed by atoms with Gasteiger partial charge in [-0.1, -0.05) is 48.5 Å². The quantitative estimate of drug-likeness (QED) is 0.797. The Balaban J connectivity index is 1.99. The zero-order valence-corrected chi connectivity index (χ0v) is 11.3. The van der Waals surface area contributed by atoms with E-state index in [9.17, 15) is 9.90 Å². The number of rotatable bonds is 4. The third kappa shape index (κ3) is 2.84. The molecular formula is C17H14N2O2. The van der Waals surface area contributed by atoms with Crippen molar-refractivity contribution in [2.24, 2.45) is 0 Å². The Morgan fingerprint density at radius 1 is 1.00 bits per heavy atom. The molecule has 2 aromatic carbocycles. The molecule has 0 unspecified atom stereocenters. The molecular weight excluding hydrogens is 264 g/mol. The van der Waals surface area contributed by atoms with Crippen LogP contribution in [0.2, 0.25) is 0 Å². The zero-order chi connectivity index (χ0) is 14.7. The molecule has 0 fully saturated rings. The Morgan fingerprint density at radius 3 is 2.24 bits per heavy atom. The first-order chi connectivity index (χ1) is 10.2. The van der Waals surface area contributed by atoms with Crippen molar-refractivity contribution in [3.05, 3.63) is 83.7 Å². The van der Waals surface area contributed by atoms with E-state index in [1.165, 1.54) is 4.68 Å². The maximum absolute atomic E-state index is 11.4. The molecule has 0 aliphatic rings. The minimum absolute atomic E-state index is 0.173. The average Bonchev–Trinajstić information content (AvgIpc) is 2.93. The fourth-order valence-corrected chi connectivity index (χ4v) is 2.24. The van der Waals surface area contributed by atoms with E-state index >= 15 is 0 Å². The number of hydrogen-bond acceptors (Lipinski definition) is 2. The highest BCUT2D eigenvalue weighted by Gasteiger charge is 2.15. The number of para-hydroxylation sites is 1.